The molecule has 1 amide bonds. The molecule has 0 aliphatic rings. The third kappa shape index (κ3) is 6.49. The number of alkyl carbamates (subject to hydrolysis) is 1. The Morgan fingerprint density at radius 3 is 2.13 bits per heavy atom. The van der Waals surface area contributed by atoms with E-state index in [0.717, 1.165) is 0 Å². The molecule has 0 bridgehead atoms. The van der Waals surface area contributed by atoms with Gasteiger partial charge >= 0.3 is 13.7 Å². The van der Waals surface area contributed by atoms with Crippen molar-refractivity contribution in [3.8, 4) is 0 Å². The number of nitrogens with one attached hydrogen (secondary N) is 1. The predicted molar refractivity (Wildman–Crippen MR) is 55.9 cm³/mol. The van der Waals surface area contributed by atoms with E-state index in [1.165, 1.54) is 0 Å². The van der Waals surface area contributed by atoms with Crippen LogP contribution < -0.4 is 5.32 Å². The van der Waals surface area contributed by atoms with Crippen LogP contribution in [0.2, 0.25) is 0 Å². The fraction of sp³-hybridized carbons (Fsp3) is 0.875. The van der Waals surface area contributed by atoms with Crippen molar-refractivity contribution in [3.05, 3.63) is 0 Å². The maximum atomic E-state index is 11.8. The summed E-state index contributed by atoms with van der Waals surface area (Å²) in [5, 5.41) is 2.41. The molecule has 0 atom stereocenters. The smallest absolute Gasteiger partial charge is 0.407 e. The predicted octanol–water partition coefficient (Wildman–Crippen LogP) is 1.96. The second-order valence-corrected chi connectivity index (χ2v) is 4.53. The maximum Gasteiger partial charge on any atom is 0.407 e. The topological polar surface area (TPSA) is 73.9 Å². The average Bonchev–Trinajstić information content (AvgIpc) is 2.16. The van der Waals surface area contributed by atoms with Gasteiger partial charge in [0.15, 0.2) is 6.35 Å². The highest BCUT2D eigenvalue weighted by Gasteiger charge is 2.25. The van der Waals surface area contributed by atoms with Crippen molar-refractivity contribution >= 4 is 13.7 Å². The molecule has 0 aromatic heterocycles. The summed E-state index contributed by atoms with van der Waals surface area (Å²) in [6.07, 6.45) is -0.988. The number of hydrogen-bond acceptors (Lipinski definition) is 5. The van der Waals surface area contributed by atoms with E-state index in [9.17, 15) is 9.36 Å². The van der Waals surface area contributed by atoms with Crippen molar-refractivity contribution in [2.24, 2.45) is 0 Å². The van der Waals surface area contributed by atoms with E-state index in [2.05, 4.69) is 10.1 Å². The van der Waals surface area contributed by atoms with Gasteiger partial charge in [-0.05, 0) is 20.8 Å². The molecule has 0 heterocycles. The minimum Gasteiger partial charge on any atom is -0.437 e. The molecule has 0 spiro atoms. The average molecular weight is 239 g/mol. The van der Waals surface area contributed by atoms with E-state index < -0.39 is 13.7 Å². The molecule has 7 heteroatoms. The molecule has 0 radical (unpaired) electrons. The molecule has 0 aromatic rings. The van der Waals surface area contributed by atoms with Gasteiger partial charge in [0.25, 0.3) is 0 Å². The molecular weight excluding hydrogens is 221 g/mol. The monoisotopic (exact) mass is 239 g/mol. The van der Waals surface area contributed by atoms with Crippen molar-refractivity contribution in [3.63, 3.8) is 0 Å². The Bertz CT molecular complexity index is 223. The van der Waals surface area contributed by atoms with E-state index in [-0.39, 0.29) is 19.6 Å². The van der Waals surface area contributed by atoms with Crippen LogP contribution in [0, 0.1) is 0 Å². The zero-order valence-corrected chi connectivity index (χ0v) is 10.2. The van der Waals surface area contributed by atoms with Gasteiger partial charge in [-0.1, -0.05) is 0 Å². The molecular formula is C8H18NO5P. The lowest BCUT2D eigenvalue weighted by molar-refractivity contribution is 0.142. The summed E-state index contributed by atoms with van der Waals surface area (Å²) >= 11 is 0. The van der Waals surface area contributed by atoms with E-state index >= 15 is 0 Å². The molecule has 6 nitrogen and oxygen atoms in total. The van der Waals surface area contributed by atoms with Gasteiger partial charge in [0, 0.05) is 6.54 Å². The fourth-order valence-electron chi connectivity index (χ4n) is 0.838. The Balaban J connectivity index is 4.06. The molecule has 0 aliphatic carbocycles. The SMILES string of the molecule is CCNC(=O)OCP(=O)(OCC)OCC. The first kappa shape index (κ1) is 14.4. The van der Waals surface area contributed by atoms with Crippen molar-refractivity contribution in [1.29, 1.82) is 0 Å². The Kier molecular flexibility index (Phi) is 7.38. The Morgan fingerprint density at radius 1 is 1.20 bits per heavy atom. The van der Waals surface area contributed by atoms with Gasteiger partial charge in [-0.2, -0.15) is 0 Å². The summed E-state index contributed by atoms with van der Waals surface area (Å²) in [6.45, 7) is 6.08. The van der Waals surface area contributed by atoms with Gasteiger partial charge in [-0.15, -0.1) is 0 Å². The van der Waals surface area contributed by atoms with Gasteiger partial charge < -0.3 is 19.1 Å². The fourth-order valence-corrected chi connectivity index (χ4v) is 2.12. The van der Waals surface area contributed by atoms with Crippen molar-refractivity contribution < 1.29 is 23.1 Å². The third-order valence-electron chi connectivity index (χ3n) is 1.33. The second-order valence-electron chi connectivity index (χ2n) is 2.54. The minimum absolute atomic E-state index is 0.246. The third-order valence-corrected chi connectivity index (χ3v) is 3.07. The van der Waals surface area contributed by atoms with Crippen LogP contribution in [0.4, 0.5) is 4.79 Å². The number of rotatable bonds is 7. The quantitative estimate of drug-likeness (QED) is 0.687. The zero-order valence-electron chi connectivity index (χ0n) is 9.32. The normalized spacial score (nSPS) is 11.1. The number of carbonyl (C=O) groups is 1. The lowest BCUT2D eigenvalue weighted by Crippen LogP contribution is -2.24. The molecule has 0 fully saturated rings. The summed E-state index contributed by atoms with van der Waals surface area (Å²) in [5.74, 6) is 0. The standard InChI is InChI=1S/C8H18NO5P/c1-4-9-8(10)12-7-15(11,13-5-2)14-6-3/h4-7H2,1-3H3,(H,9,10). The molecule has 0 saturated carbocycles. The summed E-state index contributed by atoms with van der Waals surface area (Å²) < 4.78 is 26.3. The lowest BCUT2D eigenvalue weighted by atomic mass is 10.8. The summed E-state index contributed by atoms with van der Waals surface area (Å²) in [4.78, 5) is 10.9. The highest BCUT2D eigenvalue weighted by atomic mass is 31.2. The molecule has 15 heavy (non-hydrogen) atoms. The molecule has 0 aliphatic heterocycles. The molecule has 90 valence electrons. The van der Waals surface area contributed by atoms with Gasteiger partial charge in [0.05, 0.1) is 13.2 Å². The van der Waals surface area contributed by atoms with E-state index in [1.807, 2.05) is 0 Å². The van der Waals surface area contributed by atoms with E-state index in [4.69, 9.17) is 9.05 Å². The van der Waals surface area contributed by atoms with Crippen LogP contribution in [0.3, 0.4) is 0 Å². The number of ether oxygens (including phenoxy) is 1. The van der Waals surface area contributed by atoms with Crippen LogP contribution >= 0.6 is 7.60 Å². The largest absolute Gasteiger partial charge is 0.437 e. The highest BCUT2D eigenvalue weighted by Crippen LogP contribution is 2.47. The second kappa shape index (κ2) is 7.68. The van der Waals surface area contributed by atoms with E-state index in [1.54, 1.807) is 20.8 Å². The number of amides is 1. The van der Waals surface area contributed by atoms with Crippen LogP contribution in [0.25, 0.3) is 0 Å². The van der Waals surface area contributed by atoms with Crippen LogP contribution in [0.15, 0.2) is 0 Å². The number of hydrogen-bond donors (Lipinski definition) is 1. The summed E-state index contributed by atoms with van der Waals surface area (Å²) in [6, 6.07) is 0. The molecule has 1 N–H and O–H groups in total. The van der Waals surface area contributed by atoms with Crippen LogP contribution in [0.5, 0.6) is 0 Å². The van der Waals surface area contributed by atoms with E-state index in [0.29, 0.717) is 6.54 Å². The highest BCUT2D eigenvalue weighted by molar-refractivity contribution is 7.53. The van der Waals surface area contributed by atoms with Crippen molar-refractivity contribution in [2.75, 3.05) is 26.1 Å². The summed E-state index contributed by atoms with van der Waals surface area (Å²) in [7, 11) is -3.28. The molecule has 0 saturated heterocycles. The van der Waals surface area contributed by atoms with Crippen molar-refractivity contribution in [2.45, 2.75) is 20.8 Å². The van der Waals surface area contributed by atoms with Gasteiger partial charge in [0.1, 0.15) is 0 Å². The first-order chi connectivity index (χ1) is 7.08. The van der Waals surface area contributed by atoms with Gasteiger partial charge in [-0.3, -0.25) is 4.57 Å². The minimum atomic E-state index is -3.28. The Hall–Kier alpha value is -0.580. The zero-order chi connectivity index (χ0) is 11.7. The van der Waals surface area contributed by atoms with Gasteiger partial charge in [0.2, 0.25) is 0 Å². The van der Waals surface area contributed by atoms with Gasteiger partial charge in [-0.25, -0.2) is 4.79 Å². The maximum absolute atomic E-state index is 11.8. The van der Waals surface area contributed by atoms with Crippen molar-refractivity contribution in [1.82, 2.24) is 5.32 Å². The first-order valence-electron chi connectivity index (χ1n) is 4.86. The van der Waals surface area contributed by atoms with Crippen LogP contribution in [-0.4, -0.2) is 32.2 Å². The van der Waals surface area contributed by atoms with Crippen LogP contribution in [0.1, 0.15) is 20.8 Å². The Labute approximate surface area is 89.8 Å². The Morgan fingerprint density at radius 2 is 1.73 bits per heavy atom. The lowest BCUT2D eigenvalue weighted by Gasteiger charge is -2.16. The first-order valence-corrected chi connectivity index (χ1v) is 6.59. The summed E-state index contributed by atoms with van der Waals surface area (Å²) in [5.41, 5.74) is 0. The molecule has 0 rings (SSSR count). The van der Waals surface area contributed by atoms with Crippen LogP contribution in [-0.2, 0) is 18.3 Å². The number of carbonyl (C=O) groups excluding carboxylic acids is 1. The molecule has 0 aromatic carbocycles. The molecule has 0 unspecified atom stereocenters.